The second kappa shape index (κ2) is 12.5. The first-order chi connectivity index (χ1) is 21.8. The number of carbonyl (C=O) groups is 6. The number of nitrogens with two attached hydrogens (primary N) is 2. The van der Waals surface area contributed by atoms with Crippen LogP contribution in [0.2, 0.25) is 0 Å². The summed E-state index contributed by atoms with van der Waals surface area (Å²) in [4.78, 5) is 87.0. The largest absolute Gasteiger partial charge is 0.458 e. The maximum Gasteiger partial charge on any atom is 0.345 e. The van der Waals surface area contributed by atoms with Crippen molar-refractivity contribution in [2.75, 3.05) is 19.6 Å². The number of nitro groups is 1. The van der Waals surface area contributed by atoms with Crippen molar-refractivity contribution in [3.63, 3.8) is 0 Å². The van der Waals surface area contributed by atoms with Gasteiger partial charge in [0.1, 0.15) is 29.8 Å². The number of hydrogen-bond donors (Lipinski definition) is 4. The molecule has 1 unspecified atom stereocenters. The summed E-state index contributed by atoms with van der Waals surface area (Å²) >= 11 is 0.920. The van der Waals surface area contributed by atoms with Crippen LogP contribution < -0.4 is 26.9 Å². The molecule has 3 aliphatic rings. The molecule has 242 valence electrons. The minimum absolute atomic E-state index is 0.0242. The number of esters is 2. The van der Waals surface area contributed by atoms with Gasteiger partial charge in [0.25, 0.3) is 5.69 Å². The van der Waals surface area contributed by atoms with Gasteiger partial charge in [-0.3, -0.25) is 29.4 Å². The van der Waals surface area contributed by atoms with E-state index in [1.54, 1.807) is 0 Å². The van der Waals surface area contributed by atoms with Gasteiger partial charge in [-0.15, -0.1) is 0 Å². The SMILES string of the molecule is CC(=O)Oc1ccc(C(N)C(=O)N[C@@H]2C(=O)N3C[C@@](C(=O)OCc4ccc([N+](=O)[O-])cc4)(N4CCN(NC(N)=O)C4=O)S[C@H]23)cc1. The van der Waals surface area contributed by atoms with E-state index in [4.69, 9.17) is 20.9 Å². The number of carbonyl (C=O) groups excluding carboxylic acids is 6. The molecule has 0 aliphatic carbocycles. The maximum atomic E-state index is 13.8. The molecule has 3 aliphatic heterocycles. The zero-order valence-electron chi connectivity index (χ0n) is 24.1. The average molecular weight is 657 g/mol. The number of ether oxygens (including phenoxy) is 2. The number of nitro benzene ring substituents is 1. The Bertz CT molecular complexity index is 1610. The number of non-ortho nitro benzene ring substituents is 1. The molecular weight excluding hydrogens is 628 g/mol. The average Bonchev–Trinajstić information content (AvgIpc) is 3.57. The van der Waals surface area contributed by atoms with Gasteiger partial charge >= 0.3 is 24.0 Å². The fraction of sp³-hybridized carbons (Fsp3) is 0.333. The van der Waals surface area contributed by atoms with Crippen molar-refractivity contribution in [1.82, 2.24) is 25.6 Å². The molecule has 3 saturated heterocycles. The van der Waals surface area contributed by atoms with Gasteiger partial charge in [0.05, 0.1) is 18.0 Å². The van der Waals surface area contributed by atoms with Gasteiger partial charge in [0, 0.05) is 25.6 Å². The Hall–Kier alpha value is -5.43. The lowest BCUT2D eigenvalue weighted by atomic mass is 10.0. The number of hydrazine groups is 1. The van der Waals surface area contributed by atoms with Crippen molar-refractivity contribution in [2.45, 2.75) is 35.9 Å². The number of urea groups is 2. The maximum absolute atomic E-state index is 13.8. The number of thioether (sulfide) groups is 1. The molecular formula is C27H28N8O10S. The van der Waals surface area contributed by atoms with Crippen LogP contribution in [0.15, 0.2) is 48.5 Å². The third kappa shape index (κ3) is 6.09. The predicted octanol–water partition coefficient (Wildman–Crippen LogP) is -0.320. The molecule has 4 atom stereocenters. The number of β-lactam (4-membered cyclic amide) rings is 1. The summed E-state index contributed by atoms with van der Waals surface area (Å²) in [5.74, 6) is -2.36. The Kier molecular flexibility index (Phi) is 8.70. The van der Waals surface area contributed by atoms with E-state index in [0.717, 1.165) is 21.7 Å². The van der Waals surface area contributed by atoms with Gasteiger partial charge in [0.2, 0.25) is 16.7 Å². The lowest BCUT2D eigenvalue weighted by molar-refractivity contribution is -0.384. The zero-order valence-corrected chi connectivity index (χ0v) is 24.9. The van der Waals surface area contributed by atoms with Crippen molar-refractivity contribution < 1.29 is 43.2 Å². The standard InChI is InChI=1S/C27H28N8O10S/c1-14(36)45-18-8-4-16(5-9-18)19(28)21(37)30-20-22(38)32-13-27(46-23(20)32,33-10-11-34(26(33)41)31-25(29)40)24(39)44-12-15-2-6-17(7-3-15)35(42)43/h2-9,19-20,23H,10-13,28H2,1H3,(H,30,37)(H3,29,31,40)/t19?,20-,23-,27-/m1/s1. The van der Waals surface area contributed by atoms with Gasteiger partial charge in [0.15, 0.2) is 0 Å². The first kappa shape index (κ1) is 32.0. The first-order valence-corrected chi connectivity index (χ1v) is 14.6. The van der Waals surface area contributed by atoms with Crippen LogP contribution in [0, 0.1) is 10.1 Å². The topological polar surface area (TPSA) is 250 Å². The first-order valence-electron chi connectivity index (χ1n) is 13.7. The van der Waals surface area contributed by atoms with E-state index in [1.807, 2.05) is 0 Å². The molecule has 46 heavy (non-hydrogen) atoms. The van der Waals surface area contributed by atoms with Gasteiger partial charge in [-0.25, -0.2) is 24.8 Å². The fourth-order valence-corrected chi connectivity index (χ4v) is 6.88. The van der Waals surface area contributed by atoms with Crippen LogP contribution in [0.1, 0.15) is 24.1 Å². The Morgan fingerprint density at radius 1 is 1.11 bits per heavy atom. The van der Waals surface area contributed by atoms with Gasteiger partial charge in [-0.1, -0.05) is 23.9 Å². The van der Waals surface area contributed by atoms with Crippen molar-refractivity contribution in [2.24, 2.45) is 11.5 Å². The lowest BCUT2D eigenvalue weighted by Crippen LogP contribution is -2.68. The number of benzene rings is 2. The van der Waals surface area contributed by atoms with E-state index < -0.39 is 63.1 Å². The molecule has 0 saturated carbocycles. The summed E-state index contributed by atoms with van der Waals surface area (Å²) in [7, 11) is 0. The second-order valence-corrected chi connectivity index (χ2v) is 11.8. The summed E-state index contributed by atoms with van der Waals surface area (Å²) < 4.78 is 10.5. The van der Waals surface area contributed by atoms with E-state index >= 15 is 0 Å². The molecule has 5 rings (SSSR count). The summed E-state index contributed by atoms with van der Waals surface area (Å²) in [5, 5.41) is 13.7. The fourth-order valence-electron chi connectivity index (χ4n) is 5.18. The molecule has 19 heteroatoms. The minimum Gasteiger partial charge on any atom is -0.458 e. The van der Waals surface area contributed by atoms with Crippen molar-refractivity contribution in [3.05, 3.63) is 69.8 Å². The molecule has 0 aromatic heterocycles. The van der Waals surface area contributed by atoms with E-state index in [1.165, 1.54) is 60.4 Å². The van der Waals surface area contributed by atoms with E-state index in [-0.39, 0.29) is 37.7 Å². The molecule has 6 N–H and O–H groups in total. The van der Waals surface area contributed by atoms with Crippen LogP contribution >= 0.6 is 11.8 Å². The van der Waals surface area contributed by atoms with Crippen LogP contribution in [-0.4, -0.2) is 91.5 Å². The number of hydrogen-bond acceptors (Lipinski definition) is 12. The van der Waals surface area contributed by atoms with Crippen molar-refractivity contribution in [1.29, 1.82) is 0 Å². The number of rotatable bonds is 10. The van der Waals surface area contributed by atoms with Gasteiger partial charge < -0.3 is 31.2 Å². The smallest absolute Gasteiger partial charge is 0.345 e. The summed E-state index contributed by atoms with van der Waals surface area (Å²) in [5.41, 5.74) is 14.1. The number of fused-ring (bicyclic) bond motifs is 1. The summed E-state index contributed by atoms with van der Waals surface area (Å²) in [6.07, 6.45) is 0. The van der Waals surface area contributed by atoms with Crippen LogP contribution in [0.3, 0.4) is 0 Å². The molecule has 2 aromatic rings. The molecule has 3 fully saturated rings. The molecule has 3 heterocycles. The Morgan fingerprint density at radius 3 is 2.39 bits per heavy atom. The van der Waals surface area contributed by atoms with Crippen LogP contribution in [0.4, 0.5) is 15.3 Å². The zero-order chi connectivity index (χ0) is 33.3. The summed E-state index contributed by atoms with van der Waals surface area (Å²) in [6.45, 7) is 0.594. The number of nitrogens with one attached hydrogen (secondary N) is 2. The van der Waals surface area contributed by atoms with Gasteiger partial charge in [-0.2, -0.15) is 0 Å². The Balaban J connectivity index is 1.32. The molecule has 0 bridgehead atoms. The van der Waals surface area contributed by atoms with E-state index in [2.05, 4.69) is 10.7 Å². The van der Waals surface area contributed by atoms with Gasteiger partial charge in [-0.05, 0) is 35.4 Å². The molecule has 6 amide bonds. The highest BCUT2D eigenvalue weighted by atomic mass is 32.2. The lowest BCUT2D eigenvalue weighted by Gasteiger charge is -2.41. The Labute approximate surface area is 264 Å². The minimum atomic E-state index is -1.78. The highest BCUT2D eigenvalue weighted by Crippen LogP contribution is 2.50. The normalized spacial score (nSPS) is 22.4. The predicted molar refractivity (Wildman–Crippen MR) is 157 cm³/mol. The molecule has 0 radical (unpaired) electrons. The third-order valence-electron chi connectivity index (χ3n) is 7.45. The van der Waals surface area contributed by atoms with Crippen LogP contribution in [0.25, 0.3) is 0 Å². The van der Waals surface area contributed by atoms with E-state index in [0.29, 0.717) is 11.1 Å². The molecule has 2 aromatic carbocycles. The molecule has 18 nitrogen and oxygen atoms in total. The number of amides is 6. The monoisotopic (exact) mass is 656 g/mol. The quantitative estimate of drug-likeness (QED) is 0.0844. The van der Waals surface area contributed by atoms with Crippen molar-refractivity contribution >= 4 is 53.3 Å². The second-order valence-electron chi connectivity index (χ2n) is 10.4. The Morgan fingerprint density at radius 2 is 1.78 bits per heavy atom. The summed E-state index contributed by atoms with van der Waals surface area (Å²) in [6, 6.07) is 7.20. The van der Waals surface area contributed by atoms with Crippen LogP contribution in [0.5, 0.6) is 5.75 Å². The highest BCUT2D eigenvalue weighted by molar-refractivity contribution is 8.02. The number of nitrogens with zero attached hydrogens (tertiary/aromatic N) is 4. The van der Waals surface area contributed by atoms with Crippen LogP contribution in [-0.2, 0) is 30.5 Å². The van der Waals surface area contributed by atoms with Crippen molar-refractivity contribution in [3.8, 4) is 5.75 Å². The van der Waals surface area contributed by atoms with E-state index in [9.17, 15) is 38.9 Å². The number of primary amides is 1. The third-order valence-corrected chi connectivity index (χ3v) is 9.12. The highest BCUT2D eigenvalue weighted by Gasteiger charge is 2.67. The molecule has 0 spiro atoms.